The summed E-state index contributed by atoms with van der Waals surface area (Å²) >= 11 is 12.3. The summed E-state index contributed by atoms with van der Waals surface area (Å²) in [6, 6.07) is 10.2. The molecule has 1 atom stereocenters. The molecule has 2 rings (SSSR count). The maximum Gasteiger partial charge on any atom is 0.320 e. The zero-order valence-electron chi connectivity index (χ0n) is 16.2. The molecule has 2 N–H and O–H groups in total. The van der Waals surface area contributed by atoms with Gasteiger partial charge in [0, 0.05) is 22.7 Å². The topological polar surface area (TPSA) is 67.8 Å². The molecular formula is C21H25Cl2NO4. The monoisotopic (exact) mass is 425 g/mol. The van der Waals surface area contributed by atoms with Gasteiger partial charge in [0.2, 0.25) is 0 Å². The van der Waals surface area contributed by atoms with Crippen LogP contribution in [-0.2, 0) is 17.9 Å². The molecule has 0 amide bonds. The first-order valence-electron chi connectivity index (χ1n) is 9.10. The van der Waals surface area contributed by atoms with E-state index in [9.17, 15) is 9.90 Å². The fraction of sp³-hybridized carbons (Fsp3) is 0.381. The number of hydrogen-bond acceptors (Lipinski definition) is 4. The number of carboxylic acids is 1. The molecule has 0 aliphatic heterocycles. The summed E-state index contributed by atoms with van der Waals surface area (Å²) in [4.78, 5) is 11.4. The number of hydrogen-bond donors (Lipinski definition) is 2. The molecule has 0 heterocycles. The van der Waals surface area contributed by atoms with Gasteiger partial charge in [0.05, 0.1) is 6.61 Å². The highest BCUT2D eigenvalue weighted by molar-refractivity contribution is 6.31. The van der Waals surface area contributed by atoms with Gasteiger partial charge in [-0.25, -0.2) is 0 Å². The Morgan fingerprint density at radius 1 is 1.11 bits per heavy atom. The third kappa shape index (κ3) is 6.30. The summed E-state index contributed by atoms with van der Waals surface area (Å²) in [5, 5.41) is 13.5. The van der Waals surface area contributed by atoms with Gasteiger partial charge in [0.15, 0.2) is 11.5 Å². The number of halogens is 2. The van der Waals surface area contributed by atoms with Crippen LogP contribution in [0, 0.1) is 5.92 Å². The van der Waals surface area contributed by atoms with E-state index < -0.39 is 12.0 Å². The minimum absolute atomic E-state index is 0.0513. The van der Waals surface area contributed by atoms with E-state index in [0.29, 0.717) is 41.3 Å². The van der Waals surface area contributed by atoms with Crippen molar-refractivity contribution in [2.45, 2.75) is 40.0 Å². The molecular weight excluding hydrogens is 401 g/mol. The van der Waals surface area contributed by atoms with Gasteiger partial charge in [-0.15, -0.1) is 0 Å². The van der Waals surface area contributed by atoms with Gasteiger partial charge in [-0.3, -0.25) is 4.79 Å². The number of carbonyl (C=O) groups is 1. The third-order valence-corrected chi connectivity index (χ3v) is 4.77. The standard InChI is InChI=1S/C21H25Cl2NO4/c1-4-27-18-9-15(11-24-20(13(2)3)21(25)26)17(23)10-19(18)28-12-14-5-7-16(22)8-6-14/h5-10,13,20,24H,4,11-12H2,1-3H3,(H,25,26). The average Bonchev–Trinajstić information content (AvgIpc) is 2.63. The lowest BCUT2D eigenvalue weighted by Gasteiger charge is -2.19. The van der Waals surface area contributed by atoms with Crippen LogP contribution in [0.25, 0.3) is 0 Å². The van der Waals surface area contributed by atoms with Crippen LogP contribution in [-0.4, -0.2) is 23.7 Å². The largest absolute Gasteiger partial charge is 0.490 e. The molecule has 0 aliphatic carbocycles. The molecule has 0 bridgehead atoms. The van der Waals surface area contributed by atoms with Gasteiger partial charge >= 0.3 is 5.97 Å². The first kappa shape index (κ1) is 22.3. The zero-order chi connectivity index (χ0) is 20.7. The number of carboxylic acid groups (broad SMARTS) is 1. The Balaban J connectivity index is 2.15. The van der Waals surface area contributed by atoms with E-state index in [0.717, 1.165) is 11.1 Å². The van der Waals surface area contributed by atoms with Crippen LogP contribution in [0.5, 0.6) is 11.5 Å². The third-order valence-electron chi connectivity index (χ3n) is 4.17. The fourth-order valence-corrected chi connectivity index (χ4v) is 3.01. The van der Waals surface area contributed by atoms with E-state index in [-0.39, 0.29) is 5.92 Å². The van der Waals surface area contributed by atoms with Crippen molar-refractivity contribution in [2.75, 3.05) is 6.61 Å². The van der Waals surface area contributed by atoms with E-state index in [4.69, 9.17) is 32.7 Å². The summed E-state index contributed by atoms with van der Waals surface area (Å²) in [6.45, 7) is 6.72. The van der Waals surface area contributed by atoms with Crippen molar-refractivity contribution in [1.29, 1.82) is 0 Å². The summed E-state index contributed by atoms with van der Waals surface area (Å²) in [5.41, 5.74) is 1.71. The Kier molecular flexibility index (Phi) is 8.42. The summed E-state index contributed by atoms with van der Waals surface area (Å²) in [5.74, 6) is 0.155. The highest BCUT2D eigenvalue weighted by atomic mass is 35.5. The molecule has 0 saturated heterocycles. The van der Waals surface area contributed by atoms with E-state index in [1.165, 1.54) is 0 Å². The smallest absolute Gasteiger partial charge is 0.320 e. The van der Waals surface area contributed by atoms with Crippen molar-refractivity contribution in [2.24, 2.45) is 5.92 Å². The van der Waals surface area contributed by atoms with Crippen molar-refractivity contribution in [3.63, 3.8) is 0 Å². The lowest BCUT2D eigenvalue weighted by atomic mass is 10.0. The van der Waals surface area contributed by atoms with Crippen molar-refractivity contribution >= 4 is 29.2 Å². The number of rotatable bonds is 10. The normalized spacial score (nSPS) is 12.1. The lowest BCUT2D eigenvalue weighted by molar-refractivity contribution is -0.140. The van der Waals surface area contributed by atoms with Crippen molar-refractivity contribution in [3.05, 3.63) is 57.6 Å². The minimum atomic E-state index is -0.890. The molecule has 7 heteroatoms. The minimum Gasteiger partial charge on any atom is -0.490 e. The molecule has 0 radical (unpaired) electrons. The molecule has 0 spiro atoms. The van der Waals surface area contributed by atoms with Crippen LogP contribution in [0.3, 0.4) is 0 Å². The number of aliphatic carboxylic acids is 1. The van der Waals surface area contributed by atoms with Gasteiger partial charge in [0.1, 0.15) is 12.6 Å². The maximum atomic E-state index is 11.4. The van der Waals surface area contributed by atoms with Crippen LogP contribution in [0.15, 0.2) is 36.4 Å². The molecule has 152 valence electrons. The summed E-state index contributed by atoms with van der Waals surface area (Å²) < 4.78 is 11.6. The van der Waals surface area contributed by atoms with Crippen LogP contribution in [0.4, 0.5) is 0 Å². The molecule has 1 unspecified atom stereocenters. The molecule has 0 saturated carbocycles. The quantitative estimate of drug-likeness (QED) is 0.549. The van der Waals surface area contributed by atoms with E-state index in [1.54, 1.807) is 24.3 Å². The Morgan fingerprint density at radius 3 is 2.32 bits per heavy atom. The highest BCUT2D eigenvalue weighted by Gasteiger charge is 2.21. The van der Waals surface area contributed by atoms with Gasteiger partial charge < -0.3 is 19.9 Å². The van der Waals surface area contributed by atoms with Crippen molar-refractivity contribution < 1.29 is 19.4 Å². The Labute approximate surface area is 175 Å². The Bertz CT molecular complexity index is 794. The molecule has 28 heavy (non-hydrogen) atoms. The highest BCUT2D eigenvalue weighted by Crippen LogP contribution is 2.34. The summed E-state index contributed by atoms with van der Waals surface area (Å²) in [6.07, 6.45) is 0. The first-order valence-corrected chi connectivity index (χ1v) is 9.86. The van der Waals surface area contributed by atoms with Gasteiger partial charge in [-0.1, -0.05) is 49.2 Å². The average molecular weight is 426 g/mol. The second-order valence-corrected chi connectivity index (χ2v) is 7.52. The molecule has 0 aliphatic rings. The van der Waals surface area contributed by atoms with E-state index >= 15 is 0 Å². The first-order chi connectivity index (χ1) is 13.3. The molecule has 5 nitrogen and oxygen atoms in total. The number of benzene rings is 2. The number of nitrogens with one attached hydrogen (secondary N) is 1. The van der Waals surface area contributed by atoms with Gasteiger partial charge in [-0.05, 0) is 42.2 Å². The SMILES string of the molecule is CCOc1cc(CNC(C(=O)O)C(C)C)c(Cl)cc1OCc1ccc(Cl)cc1. The van der Waals surface area contributed by atoms with Crippen LogP contribution in [0.1, 0.15) is 31.9 Å². The predicted molar refractivity (Wildman–Crippen MR) is 112 cm³/mol. The van der Waals surface area contributed by atoms with Crippen molar-refractivity contribution in [3.8, 4) is 11.5 Å². The van der Waals surface area contributed by atoms with E-state index in [1.807, 2.05) is 32.9 Å². The van der Waals surface area contributed by atoms with Crippen molar-refractivity contribution in [1.82, 2.24) is 5.32 Å². The molecule has 2 aromatic carbocycles. The van der Waals surface area contributed by atoms with Crippen LogP contribution in [0.2, 0.25) is 10.0 Å². The Hall–Kier alpha value is -1.95. The predicted octanol–water partition coefficient (Wildman–Crippen LogP) is 5.17. The fourth-order valence-electron chi connectivity index (χ4n) is 2.66. The molecule has 0 fully saturated rings. The zero-order valence-corrected chi connectivity index (χ0v) is 17.7. The molecule has 0 aromatic heterocycles. The second-order valence-electron chi connectivity index (χ2n) is 6.68. The van der Waals surface area contributed by atoms with Crippen LogP contribution < -0.4 is 14.8 Å². The molecule has 2 aromatic rings. The summed E-state index contributed by atoms with van der Waals surface area (Å²) in [7, 11) is 0. The lowest BCUT2D eigenvalue weighted by Crippen LogP contribution is -2.40. The maximum absolute atomic E-state index is 11.4. The van der Waals surface area contributed by atoms with Crippen LogP contribution >= 0.6 is 23.2 Å². The second kappa shape index (κ2) is 10.6. The Morgan fingerprint density at radius 2 is 1.75 bits per heavy atom. The van der Waals surface area contributed by atoms with E-state index in [2.05, 4.69) is 5.32 Å². The number of ether oxygens (including phenoxy) is 2. The van der Waals surface area contributed by atoms with Gasteiger partial charge in [-0.2, -0.15) is 0 Å². The van der Waals surface area contributed by atoms with Gasteiger partial charge in [0.25, 0.3) is 0 Å².